The molecule has 9 heavy (non-hydrogen) atoms. The molecule has 1 saturated heterocycles. The fraction of sp³-hybridized carbons (Fsp3) is 1.00. The normalized spacial score (nSPS) is 16.9. The number of rotatable bonds is 2. The molecule has 40 valence electrons. The van der Waals surface area contributed by atoms with Gasteiger partial charge in [-0.25, -0.2) is 0 Å². The molecule has 1 heterocycles. The Hall–Kier alpha value is 0.455. The second kappa shape index (κ2) is 3.03. The summed E-state index contributed by atoms with van der Waals surface area (Å²) in [6, 6.07) is 0. The molecule has 7 heteroatoms. The Morgan fingerprint density at radius 2 is 2.00 bits per heavy atom. The van der Waals surface area contributed by atoms with Crippen molar-refractivity contribution in [3.8, 4) is 0 Å². The lowest BCUT2D eigenvalue weighted by molar-refractivity contribution is 1.37. The van der Waals surface area contributed by atoms with Crippen LogP contribution in [0.25, 0.3) is 0 Å². The topological polar surface area (TPSA) is 0 Å². The minimum Gasteiger partial charge on any atom is -0.0970 e. The summed E-state index contributed by atoms with van der Waals surface area (Å²) < 4.78 is 0. The van der Waals surface area contributed by atoms with E-state index in [4.69, 9.17) is 0 Å². The van der Waals surface area contributed by atoms with Crippen molar-refractivity contribution in [2.24, 2.45) is 0 Å². The van der Waals surface area contributed by atoms with Crippen LogP contribution in [-0.2, 0) is 0 Å². The van der Waals surface area contributed by atoms with E-state index in [1.807, 2.05) is 0 Å². The van der Waals surface area contributed by atoms with Crippen molar-refractivity contribution in [1.29, 1.82) is 0 Å². The highest BCUT2D eigenvalue weighted by molar-refractivity contribution is 7.80. The van der Waals surface area contributed by atoms with Crippen molar-refractivity contribution < 1.29 is 0 Å². The van der Waals surface area contributed by atoms with Gasteiger partial charge in [-0.2, -0.15) is 0 Å². The summed E-state index contributed by atoms with van der Waals surface area (Å²) in [4.78, 5) is 0. The fourth-order valence-corrected chi connectivity index (χ4v) is 1.98. The molecule has 0 amide bonds. The third-order valence-corrected chi connectivity index (χ3v) is 2.86. The molecule has 0 aliphatic carbocycles. The smallest absolute Gasteiger partial charge is 0.0601 e. The highest BCUT2D eigenvalue weighted by Gasteiger charge is 2.36. The van der Waals surface area contributed by atoms with E-state index in [2.05, 4.69) is 23.2 Å². The zero-order valence-electron chi connectivity index (χ0n) is 6.85. The summed E-state index contributed by atoms with van der Waals surface area (Å²) in [6.45, 7) is 2.14. The number of hydrogen-bond acceptors (Lipinski definition) is 0. The minimum absolute atomic E-state index is 0.934. The molecule has 0 unspecified atom stereocenters. The lowest BCUT2D eigenvalue weighted by Gasteiger charge is -2.33. The van der Waals surface area contributed by atoms with Crippen LogP contribution in [-0.4, -0.2) is 49.6 Å². The standard InChI is InChI=1S/C2H11B7/c3-6-7-1-2-8(7)9(4)5/h6H,1-5H2. The SMILES string of the molecule is BBB1CCB1B(B)B. The van der Waals surface area contributed by atoms with Crippen LogP contribution in [0.4, 0.5) is 0 Å². The first kappa shape index (κ1) is 7.56. The Balaban J connectivity index is 2.27. The van der Waals surface area contributed by atoms with Crippen molar-refractivity contribution in [3.63, 3.8) is 0 Å². The first-order chi connectivity index (χ1) is 4.25. The van der Waals surface area contributed by atoms with Gasteiger partial charge in [0.25, 0.3) is 0 Å². The van der Waals surface area contributed by atoms with Crippen LogP contribution in [0.15, 0.2) is 0 Å². The maximum atomic E-state index is 2.35. The van der Waals surface area contributed by atoms with Crippen LogP contribution in [0, 0.1) is 0 Å². The molecule has 0 aromatic rings. The van der Waals surface area contributed by atoms with Crippen LogP contribution in [0.1, 0.15) is 0 Å². The lowest BCUT2D eigenvalue weighted by atomic mass is 8.67. The summed E-state index contributed by atoms with van der Waals surface area (Å²) in [7, 11) is 8.43. The van der Waals surface area contributed by atoms with Gasteiger partial charge in [-0.05, 0) is 0 Å². The largest absolute Gasteiger partial charge is 0.0970 e. The van der Waals surface area contributed by atoms with Gasteiger partial charge in [-0.3, -0.25) is 0 Å². The summed E-state index contributed by atoms with van der Waals surface area (Å²) in [5, 5.41) is 0. The van der Waals surface area contributed by atoms with Crippen molar-refractivity contribution >= 4 is 49.6 Å². The van der Waals surface area contributed by atoms with E-state index in [1.165, 1.54) is 19.7 Å². The van der Waals surface area contributed by atoms with Crippen LogP contribution < -0.4 is 0 Å². The van der Waals surface area contributed by atoms with Crippen molar-refractivity contribution in [2.75, 3.05) is 0 Å². The molecule has 1 fully saturated rings. The van der Waals surface area contributed by atoms with E-state index in [0.29, 0.717) is 0 Å². The Morgan fingerprint density at radius 3 is 2.11 bits per heavy atom. The molecule has 0 atom stereocenters. The zero-order chi connectivity index (χ0) is 6.85. The zero-order valence-corrected chi connectivity index (χ0v) is 6.85. The highest BCUT2D eigenvalue weighted by Crippen LogP contribution is 2.18. The third-order valence-electron chi connectivity index (χ3n) is 2.86. The van der Waals surface area contributed by atoms with Crippen LogP contribution in [0.3, 0.4) is 0 Å². The molecule has 0 saturated carbocycles. The maximum absolute atomic E-state index is 2.35. The van der Waals surface area contributed by atoms with E-state index in [1.54, 1.807) is 0 Å². The molecule has 0 spiro atoms. The van der Waals surface area contributed by atoms with Crippen LogP contribution >= 0.6 is 0 Å². The van der Waals surface area contributed by atoms with Gasteiger partial charge < -0.3 is 0 Å². The molecule has 1 rings (SSSR count). The van der Waals surface area contributed by atoms with E-state index in [9.17, 15) is 0 Å². The Bertz CT molecular complexity index is 88.9. The summed E-state index contributed by atoms with van der Waals surface area (Å²) in [5.41, 5.74) is 0. The van der Waals surface area contributed by atoms with E-state index in [0.717, 1.165) is 19.4 Å². The van der Waals surface area contributed by atoms with E-state index in [-0.39, 0.29) is 0 Å². The average Bonchev–Trinajstić information content (AvgIpc) is 1.61. The molecular formula is C2H11B7. The monoisotopic (exact) mass is 112 g/mol. The number of hydrogen-bond donors (Lipinski definition) is 0. The van der Waals surface area contributed by atoms with Gasteiger partial charge in [0.2, 0.25) is 0 Å². The summed E-state index contributed by atoms with van der Waals surface area (Å²) in [5.74, 6) is 0. The quantitative estimate of drug-likeness (QED) is 0.322. The Morgan fingerprint density at radius 1 is 1.33 bits per heavy atom. The van der Waals surface area contributed by atoms with Gasteiger partial charge in [-0.15, -0.1) is 0 Å². The third kappa shape index (κ3) is 1.47. The van der Waals surface area contributed by atoms with Gasteiger partial charge in [0, 0.05) is 13.4 Å². The maximum Gasteiger partial charge on any atom is 0.0601 e. The second-order valence-corrected chi connectivity index (χ2v) is 3.65. The van der Waals surface area contributed by atoms with Crippen LogP contribution in [0.2, 0.25) is 12.6 Å². The summed E-state index contributed by atoms with van der Waals surface area (Å²) in [6.07, 6.45) is 3.93. The highest BCUT2D eigenvalue weighted by atomic mass is 13.7. The van der Waals surface area contributed by atoms with Gasteiger partial charge in [0.15, 0.2) is 0 Å². The molecule has 0 radical (unpaired) electrons. The predicted octanol–water partition coefficient (Wildman–Crippen LogP) is -3.62. The predicted molar refractivity (Wildman–Crippen MR) is 59.7 cm³/mol. The molecule has 1 aliphatic rings. The Labute approximate surface area is 62.9 Å². The van der Waals surface area contributed by atoms with Gasteiger partial charge >= 0.3 is 0 Å². The van der Waals surface area contributed by atoms with Crippen molar-refractivity contribution in [2.45, 2.75) is 12.6 Å². The summed E-state index contributed by atoms with van der Waals surface area (Å²) >= 11 is 0. The molecule has 1 aliphatic heterocycles. The molecular weight excluding hydrogens is 99.7 g/mol. The van der Waals surface area contributed by atoms with E-state index < -0.39 is 0 Å². The second-order valence-electron chi connectivity index (χ2n) is 3.65. The van der Waals surface area contributed by atoms with E-state index >= 15 is 0 Å². The van der Waals surface area contributed by atoms with Gasteiger partial charge in [0.05, 0.1) is 36.2 Å². The Kier molecular flexibility index (Phi) is 2.54. The average molecular weight is 111 g/mol. The van der Waals surface area contributed by atoms with Gasteiger partial charge in [-0.1, -0.05) is 12.6 Å². The van der Waals surface area contributed by atoms with Crippen molar-refractivity contribution in [3.05, 3.63) is 0 Å². The first-order valence-corrected chi connectivity index (χ1v) is 4.25. The molecule has 0 N–H and O–H groups in total. The molecule has 0 bridgehead atoms. The first-order valence-electron chi connectivity index (χ1n) is 4.25. The van der Waals surface area contributed by atoms with Crippen molar-refractivity contribution in [1.82, 2.24) is 0 Å². The fourth-order valence-electron chi connectivity index (χ4n) is 1.98. The molecule has 0 nitrogen and oxygen atoms in total. The lowest BCUT2D eigenvalue weighted by Crippen LogP contribution is -2.60. The van der Waals surface area contributed by atoms with Gasteiger partial charge in [0.1, 0.15) is 0 Å². The molecule has 0 aromatic heterocycles. The van der Waals surface area contributed by atoms with Crippen LogP contribution in [0.5, 0.6) is 0 Å². The minimum atomic E-state index is 0.934. The molecule has 0 aromatic carbocycles.